The number of hydrazine groups is 1. The number of rotatable bonds is 10. The Morgan fingerprint density at radius 3 is 2.50 bits per heavy atom. The zero-order chi connectivity index (χ0) is 27.1. The fourth-order valence-electron chi connectivity index (χ4n) is 4.02. The number of allylic oxidation sites excluding steroid dienone is 1. The number of para-hydroxylation sites is 2. The van der Waals surface area contributed by atoms with Gasteiger partial charge in [0, 0.05) is 11.3 Å². The number of carbonyl (C=O) groups excluding carboxylic acids is 3. The van der Waals surface area contributed by atoms with Crippen molar-refractivity contribution in [3.63, 3.8) is 0 Å². The third-order valence-corrected chi connectivity index (χ3v) is 5.80. The molecule has 1 heterocycles. The zero-order valence-corrected chi connectivity index (χ0v) is 21.3. The van der Waals surface area contributed by atoms with E-state index in [1.54, 1.807) is 42.5 Å². The Balaban J connectivity index is 1.60. The third kappa shape index (κ3) is 5.92. The summed E-state index contributed by atoms with van der Waals surface area (Å²) in [6, 6.07) is 19.8. The molecule has 1 aliphatic heterocycles. The minimum absolute atomic E-state index is 0.00729. The van der Waals surface area contributed by atoms with Gasteiger partial charge in [0.05, 0.1) is 12.3 Å². The molecule has 8 heteroatoms. The molecule has 0 radical (unpaired) electrons. The van der Waals surface area contributed by atoms with Gasteiger partial charge in [-0.15, -0.1) is 6.58 Å². The molecule has 0 aromatic heterocycles. The van der Waals surface area contributed by atoms with E-state index in [4.69, 9.17) is 9.47 Å². The molecule has 0 aliphatic carbocycles. The van der Waals surface area contributed by atoms with Crippen LogP contribution in [0.2, 0.25) is 0 Å². The van der Waals surface area contributed by atoms with Gasteiger partial charge < -0.3 is 14.8 Å². The van der Waals surface area contributed by atoms with Crippen LogP contribution in [-0.2, 0) is 20.8 Å². The first-order chi connectivity index (χ1) is 18.4. The summed E-state index contributed by atoms with van der Waals surface area (Å²) >= 11 is 0. The lowest BCUT2D eigenvalue weighted by molar-refractivity contribution is -0.118. The smallest absolute Gasteiger partial charge is 0.282 e. The van der Waals surface area contributed by atoms with Gasteiger partial charge in [-0.1, -0.05) is 42.5 Å². The topological polar surface area (TPSA) is 97.0 Å². The summed E-state index contributed by atoms with van der Waals surface area (Å²) in [5.41, 5.74) is 6.08. The Morgan fingerprint density at radius 2 is 1.79 bits per heavy atom. The summed E-state index contributed by atoms with van der Waals surface area (Å²) in [6.45, 7) is 7.68. The van der Waals surface area contributed by atoms with Crippen molar-refractivity contribution >= 4 is 35.2 Å². The predicted octanol–water partition coefficient (Wildman–Crippen LogP) is 4.60. The number of carbonyl (C=O) groups is 3. The van der Waals surface area contributed by atoms with Crippen LogP contribution < -0.4 is 25.2 Å². The number of hydrogen-bond acceptors (Lipinski definition) is 5. The highest BCUT2D eigenvalue weighted by molar-refractivity contribution is 6.31. The molecule has 3 aromatic rings. The fourth-order valence-corrected chi connectivity index (χ4v) is 4.02. The Bertz CT molecular complexity index is 1400. The summed E-state index contributed by atoms with van der Waals surface area (Å²) in [7, 11) is 0. The standard InChI is InChI=1S/C30H29N3O5/c1-4-11-22-16-21(17-24-29(35)32-33(30(24)36)23-13-7-6-8-14-23)18-26(37-5-2)28(22)38-19-27(34)31-25-15-10-9-12-20(25)3/h4,6-10,12-18H,1,5,11,19H2,2-3H3,(H,31,34)(H,32,35)/b24-17-. The maximum Gasteiger partial charge on any atom is 0.282 e. The van der Waals surface area contributed by atoms with E-state index in [-0.39, 0.29) is 18.1 Å². The predicted molar refractivity (Wildman–Crippen MR) is 147 cm³/mol. The van der Waals surface area contributed by atoms with Crippen LogP contribution in [0.15, 0.2) is 85.0 Å². The second kappa shape index (κ2) is 11.9. The van der Waals surface area contributed by atoms with Crippen molar-refractivity contribution in [3.05, 3.63) is 102 Å². The van der Waals surface area contributed by atoms with Crippen molar-refractivity contribution in [2.24, 2.45) is 0 Å². The second-order valence-corrected chi connectivity index (χ2v) is 8.56. The van der Waals surface area contributed by atoms with Gasteiger partial charge in [0.2, 0.25) is 0 Å². The van der Waals surface area contributed by atoms with Gasteiger partial charge in [0.15, 0.2) is 18.1 Å². The molecule has 38 heavy (non-hydrogen) atoms. The highest BCUT2D eigenvalue weighted by Gasteiger charge is 2.34. The average Bonchev–Trinajstić information content (AvgIpc) is 3.19. The number of hydrogen-bond donors (Lipinski definition) is 2. The third-order valence-electron chi connectivity index (χ3n) is 5.80. The average molecular weight is 512 g/mol. The summed E-state index contributed by atoms with van der Waals surface area (Å²) in [5.74, 6) is -0.477. The van der Waals surface area contributed by atoms with Crippen LogP contribution >= 0.6 is 0 Å². The van der Waals surface area contributed by atoms with Crippen LogP contribution in [0.5, 0.6) is 11.5 Å². The van der Waals surface area contributed by atoms with Crippen molar-refractivity contribution in [1.29, 1.82) is 0 Å². The van der Waals surface area contributed by atoms with E-state index in [0.29, 0.717) is 47.0 Å². The van der Waals surface area contributed by atoms with Crippen LogP contribution in [0.4, 0.5) is 11.4 Å². The van der Waals surface area contributed by atoms with Crippen molar-refractivity contribution in [3.8, 4) is 11.5 Å². The molecule has 0 atom stereocenters. The summed E-state index contributed by atoms with van der Waals surface area (Å²) in [4.78, 5) is 38.3. The van der Waals surface area contributed by atoms with Crippen molar-refractivity contribution < 1.29 is 23.9 Å². The van der Waals surface area contributed by atoms with Gasteiger partial charge in [-0.25, -0.2) is 5.01 Å². The molecule has 1 saturated heterocycles. The summed E-state index contributed by atoms with van der Waals surface area (Å²) in [5, 5.41) is 4.06. The molecule has 0 unspecified atom stereocenters. The van der Waals surface area contributed by atoms with E-state index in [2.05, 4.69) is 17.3 Å². The molecule has 0 bridgehead atoms. The number of nitrogens with zero attached hydrogens (tertiary/aromatic N) is 1. The lowest BCUT2D eigenvalue weighted by atomic mass is 10.0. The first-order valence-corrected chi connectivity index (χ1v) is 12.2. The van der Waals surface area contributed by atoms with E-state index < -0.39 is 11.8 Å². The van der Waals surface area contributed by atoms with Gasteiger partial charge in [0.1, 0.15) is 5.57 Å². The van der Waals surface area contributed by atoms with Crippen LogP contribution in [0.3, 0.4) is 0 Å². The SMILES string of the molecule is C=CCc1cc(/C=C2/C(=O)NN(c3ccccc3)C2=O)cc(OCC)c1OCC(=O)Nc1ccccc1C. The molecule has 8 nitrogen and oxygen atoms in total. The maximum atomic E-state index is 13.0. The first-order valence-electron chi connectivity index (χ1n) is 12.2. The Hall–Kier alpha value is -4.85. The quantitative estimate of drug-likeness (QED) is 0.236. The van der Waals surface area contributed by atoms with E-state index in [9.17, 15) is 14.4 Å². The maximum absolute atomic E-state index is 13.0. The van der Waals surface area contributed by atoms with Gasteiger partial charge in [-0.2, -0.15) is 0 Å². The summed E-state index contributed by atoms with van der Waals surface area (Å²) in [6.07, 6.45) is 3.64. The van der Waals surface area contributed by atoms with E-state index in [1.807, 2.05) is 44.2 Å². The van der Waals surface area contributed by atoms with Gasteiger partial charge in [-0.3, -0.25) is 19.8 Å². The lowest BCUT2D eigenvalue weighted by Gasteiger charge is -2.17. The number of anilines is 2. The molecule has 1 aliphatic rings. The summed E-state index contributed by atoms with van der Waals surface area (Å²) < 4.78 is 11.8. The van der Waals surface area contributed by atoms with Gasteiger partial charge in [-0.05, 0) is 67.8 Å². The molecule has 1 fully saturated rings. The Labute approximate surface area is 221 Å². The van der Waals surface area contributed by atoms with Crippen LogP contribution in [-0.4, -0.2) is 30.9 Å². The molecule has 0 spiro atoms. The molecule has 194 valence electrons. The van der Waals surface area contributed by atoms with Gasteiger partial charge >= 0.3 is 0 Å². The van der Waals surface area contributed by atoms with E-state index in [0.717, 1.165) is 5.56 Å². The normalized spacial score (nSPS) is 13.8. The Morgan fingerprint density at radius 1 is 1.05 bits per heavy atom. The van der Waals surface area contributed by atoms with E-state index in [1.165, 1.54) is 11.1 Å². The molecule has 3 amide bonds. The largest absolute Gasteiger partial charge is 0.490 e. The number of nitrogens with one attached hydrogen (secondary N) is 2. The van der Waals surface area contributed by atoms with Crippen molar-refractivity contribution in [2.75, 3.05) is 23.5 Å². The first kappa shape index (κ1) is 26.2. The molecular formula is C30H29N3O5. The molecular weight excluding hydrogens is 482 g/mol. The lowest BCUT2D eigenvalue weighted by Crippen LogP contribution is -2.35. The minimum atomic E-state index is -0.504. The number of aryl methyl sites for hydroxylation is 1. The highest BCUT2D eigenvalue weighted by Crippen LogP contribution is 2.35. The van der Waals surface area contributed by atoms with Gasteiger partial charge in [0.25, 0.3) is 17.7 Å². The van der Waals surface area contributed by atoms with Crippen molar-refractivity contribution in [1.82, 2.24) is 5.43 Å². The second-order valence-electron chi connectivity index (χ2n) is 8.56. The zero-order valence-electron chi connectivity index (χ0n) is 21.3. The van der Waals surface area contributed by atoms with Crippen LogP contribution in [0.25, 0.3) is 6.08 Å². The highest BCUT2D eigenvalue weighted by atomic mass is 16.5. The number of amides is 3. The monoisotopic (exact) mass is 511 g/mol. The van der Waals surface area contributed by atoms with Crippen molar-refractivity contribution in [2.45, 2.75) is 20.3 Å². The molecule has 4 rings (SSSR count). The van der Waals surface area contributed by atoms with Crippen LogP contribution in [0, 0.1) is 6.92 Å². The van der Waals surface area contributed by atoms with Crippen LogP contribution in [0.1, 0.15) is 23.6 Å². The molecule has 0 saturated carbocycles. The fraction of sp³-hybridized carbons (Fsp3) is 0.167. The van der Waals surface area contributed by atoms with E-state index >= 15 is 0 Å². The number of benzene rings is 3. The molecule has 2 N–H and O–H groups in total. The number of ether oxygens (including phenoxy) is 2. The minimum Gasteiger partial charge on any atom is -0.490 e. The Kier molecular flexibility index (Phi) is 8.23. The molecule has 3 aromatic carbocycles.